The molecule has 0 aliphatic heterocycles. The summed E-state index contributed by atoms with van der Waals surface area (Å²) in [5.41, 5.74) is 2.90. The molecule has 1 N–H and O–H groups in total. The van der Waals surface area contributed by atoms with E-state index in [4.69, 9.17) is 4.98 Å². The van der Waals surface area contributed by atoms with Crippen LogP contribution < -0.4 is 10.3 Å². The van der Waals surface area contributed by atoms with E-state index < -0.39 is 15.7 Å². The first-order chi connectivity index (χ1) is 13.1. The van der Waals surface area contributed by atoms with Crippen molar-refractivity contribution in [2.75, 3.05) is 0 Å². The van der Waals surface area contributed by atoms with Crippen molar-refractivity contribution < 1.29 is 4.21 Å². The largest absolute Gasteiger partial charge is 0.295 e. The molecule has 0 fully saturated rings. The zero-order chi connectivity index (χ0) is 20.6. The number of benzene rings is 1. The van der Waals surface area contributed by atoms with Crippen LogP contribution in [-0.4, -0.2) is 28.5 Å². The smallest absolute Gasteiger partial charge is 0.261 e. The summed E-state index contributed by atoms with van der Waals surface area (Å²) in [6.45, 7) is 9.62. The Hall–Kier alpha value is -2.45. The van der Waals surface area contributed by atoms with Crippen LogP contribution in [0.4, 0.5) is 0 Å². The third kappa shape index (κ3) is 3.88. The molecule has 0 bridgehead atoms. The molecule has 0 aliphatic carbocycles. The minimum absolute atomic E-state index is 0.141. The standard InChI is InChI=1S/C20H25N5O2S/c1-12-7-15(13(2)24-28(27)20(3,4)5)17-16(8-12)19(26)25(6)18(23-17)14-9-21-11-22-10-14/h7-11,13,24H,1-6H3/t13-,28?/m1/s1. The maximum Gasteiger partial charge on any atom is 0.261 e. The first-order valence-corrected chi connectivity index (χ1v) is 10.2. The van der Waals surface area contributed by atoms with Crippen LogP contribution in [0.15, 0.2) is 35.6 Å². The summed E-state index contributed by atoms with van der Waals surface area (Å²) in [5.74, 6) is 0.493. The van der Waals surface area contributed by atoms with Gasteiger partial charge in [0.15, 0.2) is 0 Å². The monoisotopic (exact) mass is 399 g/mol. The van der Waals surface area contributed by atoms with Crippen molar-refractivity contribution in [2.24, 2.45) is 7.05 Å². The minimum atomic E-state index is -1.25. The topological polar surface area (TPSA) is 89.8 Å². The highest BCUT2D eigenvalue weighted by Crippen LogP contribution is 2.26. The van der Waals surface area contributed by atoms with Crippen LogP contribution in [0.5, 0.6) is 0 Å². The molecule has 2 aromatic heterocycles. The van der Waals surface area contributed by atoms with Crippen molar-refractivity contribution in [3.63, 3.8) is 0 Å². The van der Waals surface area contributed by atoms with Gasteiger partial charge in [-0.2, -0.15) is 0 Å². The molecule has 0 spiro atoms. The Morgan fingerprint density at radius 1 is 1.18 bits per heavy atom. The number of hydrogen-bond donors (Lipinski definition) is 1. The van der Waals surface area contributed by atoms with E-state index in [-0.39, 0.29) is 11.6 Å². The molecule has 0 amide bonds. The van der Waals surface area contributed by atoms with Crippen LogP contribution in [0.3, 0.4) is 0 Å². The van der Waals surface area contributed by atoms with Gasteiger partial charge < -0.3 is 0 Å². The van der Waals surface area contributed by atoms with E-state index in [1.807, 2.05) is 46.8 Å². The van der Waals surface area contributed by atoms with Gasteiger partial charge in [0.2, 0.25) is 0 Å². The van der Waals surface area contributed by atoms with Crippen molar-refractivity contribution in [1.29, 1.82) is 0 Å². The van der Waals surface area contributed by atoms with E-state index >= 15 is 0 Å². The summed E-state index contributed by atoms with van der Waals surface area (Å²) in [7, 11) is 0.440. The zero-order valence-electron chi connectivity index (χ0n) is 17.0. The first kappa shape index (κ1) is 20.3. The van der Waals surface area contributed by atoms with E-state index in [2.05, 4.69) is 14.7 Å². The predicted octanol–water partition coefficient (Wildman–Crippen LogP) is 2.81. The molecule has 28 heavy (non-hydrogen) atoms. The van der Waals surface area contributed by atoms with Gasteiger partial charge in [0.25, 0.3) is 5.56 Å². The number of aromatic nitrogens is 4. The molecule has 0 aliphatic rings. The molecule has 0 radical (unpaired) electrons. The lowest BCUT2D eigenvalue weighted by atomic mass is 10.0. The highest BCUT2D eigenvalue weighted by atomic mass is 32.2. The Morgan fingerprint density at radius 2 is 1.82 bits per heavy atom. The van der Waals surface area contributed by atoms with Crippen LogP contribution >= 0.6 is 0 Å². The Bertz CT molecular complexity index is 1100. The molecule has 148 valence electrons. The maximum absolute atomic E-state index is 13.0. The number of hydrogen-bond acceptors (Lipinski definition) is 5. The SMILES string of the molecule is Cc1cc([C@@H](C)NS(=O)C(C)(C)C)c2nc(-c3cncnc3)n(C)c(=O)c2c1. The Morgan fingerprint density at radius 3 is 2.43 bits per heavy atom. The number of fused-ring (bicyclic) bond motifs is 1. The molecule has 2 heterocycles. The number of nitrogens with one attached hydrogen (secondary N) is 1. The Balaban J connectivity index is 2.22. The van der Waals surface area contributed by atoms with Crippen LogP contribution in [0.1, 0.15) is 44.9 Å². The zero-order valence-corrected chi connectivity index (χ0v) is 17.8. The third-order valence-corrected chi connectivity index (χ3v) is 6.16. The second kappa shape index (κ2) is 7.52. The fourth-order valence-corrected chi connectivity index (χ4v) is 3.76. The average molecular weight is 400 g/mol. The molecule has 0 saturated heterocycles. The number of rotatable bonds is 4. The van der Waals surface area contributed by atoms with E-state index in [0.29, 0.717) is 22.3 Å². The summed E-state index contributed by atoms with van der Waals surface area (Å²) in [4.78, 5) is 25.9. The van der Waals surface area contributed by atoms with Crippen LogP contribution in [0, 0.1) is 6.92 Å². The Kier molecular flexibility index (Phi) is 5.45. The van der Waals surface area contributed by atoms with Crippen LogP contribution in [0.2, 0.25) is 0 Å². The van der Waals surface area contributed by atoms with E-state index in [9.17, 15) is 9.00 Å². The fourth-order valence-electron chi connectivity index (χ4n) is 2.96. The molecular weight excluding hydrogens is 374 g/mol. The molecule has 8 heteroatoms. The Labute approximate surface area is 166 Å². The fraction of sp³-hybridized carbons (Fsp3) is 0.400. The highest BCUT2D eigenvalue weighted by molar-refractivity contribution is 7.84. The summed E-state index contributed by atoms with van der Waals surface area (Å²) in [6.07, 6.45) is 4.70. The molecule has 1 aromatic carbocycles. The van der Waals surface area contributed by atoms with E-state index in [0.717, 1.165) is 11.1 Å². The van der Waals surface area contributed by atoms with Gasteiger partial charge in [-0.1, -0.05) is 6.07 Å². The van der Waals surface area contributed by atoms with Crippen molar-refractivity contribution in [2.45, 2.75) is 45.4 Å². The number of aryl methyl sites for hydroxylation is 1. The second-order valence-corrected chi connectivity index (χ2v) is 9.90. The van der Waals surface area contributed by atoms with Crippen LogP contribution in [0.25, 0.3) is 22.3 Å². The van der Waals surface area contributed by atoms with Crippen molar-refractivity contribution in [1.82, 2.24) is 24.2 Å². The summed E-state index contributed by atoms with van der Waals surface area (Å²) in [5, 5.41) is 0.535. The van der Waals surface area contributed by atoms with Crippen molar-refractivity contribution in [3.8, 4) is 11.4 Å². The lowest BCUT2D eigenvalue weighted by Crippen LogP contribution is -2.35. The van der Waals surface area contributed by atoms with Gasteiger partial charge in [-0.3, -0.25) is 9.36 Å². The molecule has 1 unspecified atom stereocenters. The molecule has 2 atom stereocenters. The predicted molar refractivity (Wildman–Crippen MR) is 112 cm³/mol. The lowest BCUT2D eigenvalue weighted by molar-refractivity contribution is 0.617. The summed E-state index contributed by atoms with van der Waals surface area (Å²) in [6, 6.07) is 3.58. The average Bonchev–Trinajstić information content (AvgIpc) is 2.64. The van der Waals surface area contributed by atoms with Crippen molar-refractivity contribution >= 4 is 21.9 Å². The maximum atomic E-state index is 13.0. The molecule has 0 saturated carbocycles. The van der Waals surface area contributed by atoms with E-state index in [1.54, 1.807) is 19.4 Å². The van der Waals surface area contributed by atoms with Gasteiger partial charge in [0, 0.05) is 25.5 Å². The van der Waals surface area contributed by atoms with Gasteiger partial charge in [-0.25, -0.2) is 23.9 Å². The molecular formula is C20H25N5O2S. The summed E-state index contributed by atoms with van der Waals surface area (Å²) >= 11 is 0. The lowest BCUT2D eigenvalue weighted by Gasteiger charge is -2.23. The summed E-state index contributed by atoms with van der Waals surface area (Å²) < 4.78 is 16.8. The van der Waals surface area contributed by atoms with Gasteiger partial charge in [-0.15, -0.1) is 0 Å². The molecule has 3 rings (SSSR count). The normalized spacial score (nSPS) is 14.2. The molecule has 3 aromatic rings. The van der Waals surface area contributed by atoms with Gasteiger partial charge >= 0.3 is 0 Å². The molecule has 7 nitrogen and oxygen atoms in total. The van der Waals surface area contributed by atoms with Gasteiger partial charge in [-0.05, 0) is 51.8 Å². The first-order valence-electron chi connectivity index (χ1n) is 9.04. The van der Waals surface area contributed by atoms with Gasteiger partial charge in [0.05, 0.1) is 32.2 Å². The quantitative estimate of drug-likeness (QED) is 0.729. The number of nitrogens with zero attached hydrogens (tertiary/aromatic N) is 4. The van der Waals surface area contributed by atoms with E-state index in [1.165, 1.54) is 10.9 Å². The van der Waals surface area contributed by atoms with Gasteiger partial charge in [0.1, 0.15) is 12.2 Å². The van der Waals surface area contributed by atoms with Crippen molar-refractivity contribution in [3.05, 3.63) is 52.3 Å². The highest BCUT2D eigenvalue weighted by Gasteiger charge is 2.24. The van der Waals surface area contributed by atoms with Crippen LogP contribution in [-0.2, 0) is 18.0 Å². The minimum Gasteiger partial charge on any atom is -0.295 e. The third-order valence-electron chi connectivity index (χ3n) is 4.48. The second-order valence-electron chi connectivity index (χ2n) is 7.90.